The molecule has 4 fully saturated rings. The molecular weight excluding hydrogens is 378 g/mol. The number of rotatable bonds is 4. The topological polar surface area (TPSA) is 53.1 Å². The summed E-state index contributed by atoms with van der Waals surface area (Å²) in [6, 6.07) is 10.6. The second kappa shape index (κ2) is 8.67. The van der Waals surface area contributed by atoms with Gasteiger partial charge in [0, 0.05) is 38.3 Å². The molecule has 1 aromatic carbocycles. The lowest BCUT2D eigenvalue weighted by Gasteiger charge is -2.45. The second-order valence-electron chi connectivity index (χ2n) is 9.27. The van der Waals surface area contributed by atoms with Gasteiger partial charge in [-0.2, -0.15) is 0 Å². The van der Waals surface area contributed by atoms with E-state index in [2.05, 4.69) is 4.90 Å². The molecule has 2 saturated carbocycles. The summed E-state index contributed by atoms with van der Waals surface area (Å²) in [6.45, 7) is 3.43. The van der Waals surface area contributed by atoms with Gasteiger partial charge in [0.05, 0.1) is 6.04 Å². The average Bonchev–Trinajstić information content (AvgIpc) is 3.65. The highest BCUT2D eigenvalue weighted by molar-refractivity contribution is 5.87. The van der Waals surface area contributed by atoms with Gasteiger partial charge >= 0.3 is 0 Å². The van der Waals surface area contributed by atoms with Crippen molar-refractivity contribution < 1.29 is 14.3 Å². The number of morpholine rings is 1. The van der Waals surface area contributed by atoms with E-state index in [1.54, 1.807) is 0 Å². The van der Waals surface area contributed by atoms with Crippen LogP contribution in [-0.2, 0) is 14.3 Å². The molecule has 30 heavy (non-hydrogen) atoms. The summed E-state index contributed by atoms with van der Waals surface area (Å²) in [6.07, 6.45) is 8.08. The molecule has 0 bridgehead atoms. The van der Waals surface area contributed by atoms with Crippen LogP contribution in [0, 0.1) is 0 Å². The van der Waals surface area contributed by atoms with E-state index in [1.807, 2.05) is 40.1 Å². The zero-order valence-electron chi connectivity index (χ0n) is 17.7. The first-order chi connectivity index (χ1) is 14.7. The standard InChI is InChI=1S/C24H33N3O3/c28-21-17-30-23(22(27(21)20-11-12-20)18-7-3-1-4-8-18)24(29)26-15-13-25(14-16-26)19-9-5-2-6-10-19/h1,3-4,7-8,19-20,22-23H,2,5-6,9-17H2/t22-,23+/m0/s1. The predicted molar refractivity (Wildman–Crippen MR) is 114 cm³/mol. The molecule has 6 heteroatoms. The van der Waals surface area contributed by atoms with E-state index in [0.29, 0.717) is 6.04 Å². The third-order valence-corrected chi connectivity index (χ3v) is 7.30. The second-order valence-corrected chi connectivity index (χ2v) is 9.27. The minimum atomic E-state index is -0.605. The van der Waals surface area contributed by atoms with Crippen LogP contribution in [0.25, 0.3) is 0 Å². The third-order valence-electron chi connectivity index (χ3n) is 7.30. The van der Waals surface area contributed by atoms with Crippen LogP contribution in [-0.4, -0.2) is 77.5 Å². The lowest BCUT2D eigenvalue weighted by Crippen LogP contribution is -2.59. The number of nitrogens with zero attached hydrogens (tertiary/aromatic N) is 3. The number of benzene rings is 1. The normalized spacial score (nSPS) is 29.3. The van der Waals surface area contributed by atoms with Crippen LogP contribution < -0.4 is 0 Å². The van der Waals surface area contributed by atoms with Gasteiger partial charge in [-0.3, -0.25) is 14.5 Å². The SMILES string of the molecule is O=C([C@@H]1OCC(=O)N(C2CC2)[C@H]1c1ccccc1)N1CCN(C2CCCCC2)CC1. The first-order valence-electron chi connectivity index (χ1n) is 11.7. The fraction of sp³-hybridized carbons (Fsp3) is 0.667. The van der Waals surface area contributed by atoms with Crippen molar-refractivity contribution in [3.05, 3.63) is 35.9 Å². The smallest absolute Gasteiger partial charge is 0.254 e. The largest absolute Gasteiger partial charge is 0.356 e. The molecule has 4 aliphatic rings. The average molecular weight is 412 g/mol. The van der Waals surface area contributed by atoms with Gasteiger partial charge in [-0.1, -0.05) is 49.6 Å². The molecule has 2 amide bonds. The van der Waals surface area contributed by atoms with Gasteiger partial charge in [0.25, 0.3) is 5.91 Å². The molecule has 0 aromatic heterocycles. The molecule has 2 heterocycles. The number of amides is 2. The van der Waals surface area contributed by atoms with Gasteiger partial charge in [-0.25, -0.2) is 0 Å². The number of hydrogen-bond acceptors (Lipinski definition) is 4. The molecule has 5 rings (SSSR count). The zero-order valence-corrected chi connectivity index (χ0v) is 17.7. The van der Waals surface area contributed by atoms with Crippen molar-refractivity contribution in [2.75, 3.05) is 32.8 Å². The Morgan fingerprint density at radius 1 is 0.867 bits per heavy atom. The Labute approximate surface area is 179 Å². The zero-order chi connectivity index (χ0) is 20.5. The summed E-state index contributed by atoms with van der Waals surface area (Å²) in [5, 5.41) is 0. The molecule has 0 unspecified atom stereocenters. The van der Waals surface area contributed by atoms with Crippen LogP contribution in [0.4, 0.5) is 0 Å². The van der Waals surface area contributed by atoms with E-state index in [9.17, 15) is 9.59 Å². The molecule has 2 saturated heterocycles. The minimum absolute atomic E-state index is 0.0116. The number of piperazine rings is 1. The molecule has 0 spiro atoms. The highest BCUT2D eigenvalue weighted by Crippen LogP contribution is 2.40. The highest BCUT2D eigenvalue weighted by atomic mass is 16.5. The Bertz CT molecular complexity index is 752. The monoisotopic (exact) mass is 411 g/mol. The molecule has 0 radical (unpaired) electrons. The Hall–Kier alpha value is -1.92. The lowest BCUT2D eigenvalue weighted by molar-refractivity contribution is -0.171. The summed E-state index contributed by atoms with van der Waals surface area (Å²) in [7, 11) is 0. The first-order valence-corrected chi connectivity index (χ1v) is 11.7. The lowest BCUT2D eigenvalue weighted by atomic mass is 9.93. The van der Waals surface area contributed by atoms with Crippen molar-refractivity contribution >= 4 is 11.8 Å². The molecule has 6 nitrogen and oxygen atoms in total. The summed E-state index contributed by atoms with van der Waals surface area (Å²) in [5.74, 6) is 0.0582. The Morgan fingerprint density at radius 3 is 2.23 bits per heavy atom. The fourth-order valence-corrected chi connectivity index (χ4v) is 5.54. The summed E-state index contributed by atoms with van der Waals surface area (Å²) >= 11 is 0. The van der Waals surface area contributed by atoms with Crippen molar-refractivity contribution in [1.82, 2.24) is 14.7 Å². The van der Waals surface area contributed by atoms with Gasteiger partial charge < -0.3 is 14.5 Å². The molecular formula is C24H33N3O3. The summed E-state index contributed by atoms with van der Waals surface area (Å²) in [4.78, 5) is 32.8. The number of carbonyl (C=O) groups is 2. The Balaban J connectivity index is 1.30. The van der Waals surface area contributed by atoms with Crippen molar-refractivity contribution in [2.45, 2.75) is 69.2 Å². The molecule has 2 aliphatic heterocycles. The van der Waals surface area contributed by atoms with Crippen LogP contribution in [0.1, 0.15) is 56.6 Å². The van der Waals surface area contributed by atoms with Crippen LogP contribution in [0.15, 0.2) is 30.3 Å². The maximum absolute atomic E-state index is 13.6. The van der Waals surface area contributed by atoms with E-state index in [4.69, 9.17) is 4.74 Å². The number of hydrogen-bond donors (Lipinski definition) is 0. The van der Waals surface area contributed by atoms with Crippen molar-refractivity contribution in [1.29, 1.82) is 0 Å². The summed E-state index contributed by atoms with van der Waals surface area (Å²) < 4.78 is 5.93. The summed E-state index contributed by atoms with van der Waals surface area (Å²) in [5.41, 5.74) is 0.997. The van der Waals surface area contributed by atoms with Gasteiger partial charge in [0.15, 0.2) is 6.10 Å². The van der Waals surface area contributed by atoms with E-state index >= 15 is 0 Å². The van der Waals surface area contributed by atoms with Crippen LogP contribution in [0.3, 0.4) is 0 Å². The van der Waals surface area contributed by atoms with Crippen LogP contribution in [0.2, 0.25) is 0 Å². The first kappa shape index (κ1) is 20.0. The van der Waals surface area contributed by atoms with E-state index in [1.165, 1.54) is 32.1 Å². The van der Waals surface area contributed by atoms with Crippen LogP contribution >= 0.6 is 0 Å². The number of carbonyl (C=O) groups excluding carboxylic acids is 2. The molecule has 1 aromatic rings. The predicted octanol–water partition coefficient (Wildman–Crippen LogP) is 2.59. The van der Waals surface area contributed by atoms with E-state index in [-0.39, 0.29) is 30.5 Å². The highest BCUT2D eigenvalue weighted by Gasteiger charge is 2.48. The van der Waals surface area contributed by atoms with Gasteiger partial charge in [-0.15, -0.1) is 0 Å². The van der Waals surface area contributed by atoms with E-state index < -0.39 is 6.10 Å². The Kier molecular flexibility index (Phi) is 5.79. The van der Waals surface area contributed by atoms with Crippen molar-refractivity contribution in [2.24, 2.45) is 0 Å². The van der Waals surface area contributed by atoms with Gasteiger partial charge in [-0.05, 0) is 31.2 Å². The fourth-order valence-electron chi connectivity index (χ4n) is 5.54. The van der Waals surface area contributed by atoms with Crippen LogP contribution in [0.5, 0.6) is 0 Å². The molecule has 0 N–H and O–H groups in total. The minimum Gasteiger partial charge on any atom is -0.356 e. The quantitative estimate of drug-likeness (QED) is 0.764. The molecule has 2 aliphatic carbocycles. The van der Waals surface area contributed by atoms with Crippen molar-refractivity contribution in [3.63, 3.8) is 0 Å². The molecule has 2 atom stereocenters. The Morgan fingerprint density at radius 2 is 1.57 bits per heavy atom. The van der Waals surface area contributed by atoms with Gasteiger partial charge in [0.2, 0.25) is 5.91 Å². The maximum atomic E-state index is 13.6. The molecule has 162 valence electrons. The van der Waals surface area contributed by atoms with Crippen molar-refractivity contribution in [3.8, 4) is 0 Å². The third kappa shape index (κ3) is 4.00. The van der Waals surface area contributed by atoms with Gasteiger partial charge in [0.1, 0.15) is 6.61 Å². The number of ether oxygens (including phenoxy) is 1. The van der Waals surface area contributed by atoms with E-state index in [0.717, 1.165) is 44.6 Å². The maximum Gasteiger partial charge on any atom is 0.254 e.